The summed E-state index contributed by atoms with van der Waals surface area (Å²) in [4.78, 5) is 14.4. The van der Waals surface area contributed by atoms with Gasteiger partial charge >= 0.3 is 0 Å². The number of piperidine rings is 2. The van der Waals surface area contributed by atoms with E-state index in [0.717, 1.165) is 12.8 Å². The van der Waals surface area contributed by atoms with E-state index in [4.69, 9.17) is 5.73 Å². The summed E-state index contributed by atoms with van der Waals surface area (Å²) in [5.74, 6) is 0.167. The molecule has 2 fully saturated rings. The summed E-state index contributed by atoms with van der Waals surface area (Å²) >= 11 is 0. The van der Waals surface area contributed by atoms with Crippen LogP contribution in [0.2, 0.25) is 0 Å². The van der Waals surface area contributed by atoms with Crippen LogP contribution in [-0.4, -0.2) is 41.5 Å². The van der Waals surface area contributed by atoms with Gasteiger partial charge in [-0.25, -0.2) is 0 Å². The lowest BCUT2D eigenvalue weighted by atomic mass is 9.81. The van der Waals surface area contributed by atoms with Gasteiger partial charge in [-0.15, -0.1) is 0 Å². The molecule has 4 nitrogen and oxygen atoms in total. The summed E-state index contributed by atoms with van der Waals surface area (Å²) in [5.41, 5.74) is 6.09. The molecule has 0 aliphatic carbocycles. The average Bonchev–Trinajstić information content (AvgIpc) is 2.27. The van der Waals surface area contributed by atoms with Crippen LogP contribution in [0, 0.1) is 0 Å². The van der Waals surface area contributed by atoms with Gasteiger partial charge in [0, 0.05) is 24.7 Å². The second kappa shape index (κ2) is 5.36. The molecule has 0 radical (unpaired) electrons. The van der Waals surface area contributed by atoms with Crippen molar-refractivity contribution in [3.05, 3.63) is 0 Å². The summed E-state index contributed by atoms with van der Waals surface area (Å²) in [6.45, 7) is 4.72. The number of nitrogens with zero attached hydrogens (tertiary/aromatic N) is 1. The Kier molecular flexibility index (Phi) is 4.05. The number of hydrogen-bond acceptors (Lipinski definition) is 3. The molecule has 1 amide bonds. The van der Waals surface area contributed by atoms with Gasteiger partial charge in [-0.2, -0.15) is 0 Å². The molecule has 98 valence electrons. The molecular weight excluding hydrogens is 214 g/mol. The number of carbonyl (C=O) groups excluding carboxylic acids is 1. The molecule has 2 aliphatic rings. The molecule has 0 saturated carbocycles. The minimum absolute atomic E-state index is 0.00208. The average molecular weight is 239 g/mol. The predicted molar refractivity (Wildman–Crippen MR) is 68.6 cm³/mol. The van der Waals surface area contributed by atoms with Gasteiger partial charge in [0.1, 0.15) is 0 Å². The summed E-state index contributed by atoms with van der Waals surface area (Å²) in [6.07, 6.45) is 5.81. The van der Waals surface area contributed by atoms with Crippen molar-refractivity contribution in [2.75, 3.05) is 6.54 Å². The number of rotatable bonds is 3. The van der Waals surface area contributed by atoms with Crippen LogP contribution in [-0.2, 0) is 4.79 Å². The van der Waals surface area contributed by atoms with Gasteiger partial charge in [0.05, 0.1) is 6.04 Å². The standard InChI is InChI=1S/C13H25N3O/c1-3-15-13(17)9(2)16-11-5-4-6-12(16)8-10(14)7-11/h9-12H,3-8,14H2,1-2H3,(H,15,17). The predicted octanol–water partition coefficient (Wildman–Crippen LogP) is 0.855. The fourth-order valence-corrected chi connectivity index (χ4v) is 3.55. The van der Waals surface area contributed by atoms with Gasteiger partial charge in [0.2, 0.25) is 5.91 Å². The van der Waals surface area contributed by atoms with Crippen LogP contribution < -0.4 is 11.1 Å². The van der Waals surface area contributed by atoms with Crippen molar-refractivity contribution < 1.29 is 4.79 Å². The second-order valence-corrected chi connectivity index (χ2v) is 5.49. The van der Waals surface area contributed by atoms with Gasteiger partial charge < -0.3 is 11.1 Å². The van der Waals surface area contributed by atoms with E-state index >= 15 is 0 Å². The number of nitrogens with one attached hydrogen (secondary N) is 1. The van der Waals surface area contributed by atoms with Crippen LogP contribution in [0.1, 0.15) is 46.0 Å². The van der Waals surface area contributed by atoms with Crippen LogP contribution in [0.4, 0.5) is 0 Å². The van der Waals surface area contributed by atoms with Crippen molar-refractivity contribution in [1.82, 2.24) is 10.2 Å². The Balaban J connectivity index is 2.06. The van der Waals surface area contributed by atoms with Crippen molar-refractivity contribution in [3.63, 3.8) is 0 Å². The maximum absolute atomic E-state index is 12.0. The van der Waals surface area contributed by atoms with Crippen molar-refractivity contribution in [3.8, 4) is 0 Å². The number of carbonyl (C=O) groups is 1. The third-order valence-electron chi connectivity index (χ3n) is 4.25. The molecule has 0 aromatic rings. The molecule has 17 heavy (non-hydrogen) atoms. The topological polar surface area (TPSA) is 58.4 Å². The lowest BCUT2D eigenvalue weighted by Crippen LogP contribution is -2.61. The highest BCUT2D eigenvalue weighted by molar-refractivity contribution is 5.81. The second-order valence-electron chi connectivity index (χ2n) is 5.49. The molecule has 4 heteroatoms. The zero-order chi connectivity index (χ0) is 12.4. The molecule has 3 atom stereocenters. The molecule has 2 aliphatic heterocycles. The molecule has 0 aromatic heterocycles. The first-order valence-corrected chi connectivity index (χ1v) is 6.94. The van der Waals surface area contributed by atoms with Gasteiger partial charge in [-0.1, -0.05) is 6.42 Å². The highest BCUT2D eigenvalue weighted by Gasteiger charge is 2.41. The van der Waals surface area contributed by atoms with E-state index in [9.17, 15) is 4.79 Å². The van der Waals surface area contributed by atoms with Crippen LogP contribution in [0.5, 0.6) is 0 Å². The van der Waals surface area contributed by atoms with E-state index in [2.05, 4.69) is 10.2 Å². The normalized spacial score (nSPS) is 35.4. The molecule has 2 heterocycles. The Morgan fingerprint density at radius 3 is 2.53 bits per heavy atom. The molecule has 3 N–H and O–H groups in total. The smallest absolute Gasteiger partial charge is 0.237 e. The Morgan fingerprint density at radius 2 is 2.00 bits per heavy atom. The fourth-order valence-electron chi connectivity index (χ4n) is 3.55. The van der Waals surface area contributed by atoms with Gasteiger partial charge in [-0.3, -0.25) is 9.69 Å². The van der Waals surface area contributed by atoms with Crippen molar-refractivity contribution >= 4 is 5.91 Å². The monoisotopic (exact) mass is 239 g/mol. The van der Waals surface area contributed by atoms with Crippen LogP contribution in [0.25, 0.3) is 0 Å². The highest BCUT2D eigenvalue weighted by atomic mass is 16.2. The highest BCUT2D eigenvalue weighted by Crippen LogP contribution is 2.34. The molecule has 0 aromatic carbocycles. The maximum Gasteiger partial charge on any atom is 0.237 e. The lowest BCUT2D eigenvalue weighted by molar-refractivity contribution is -0.130. The third kappa shape index (κ3) is 2.63. The molecular formula is C13H25N3O. The first kappa shape index (κ1) is 12.8. The maximum atomic E-state index is 12.0. The largest absolute Gasteiger partial charge is 0.355 e. The summed E-state index contributed by atoms with van der Waals surface area (Å²) in [7, 11) is 0. The quantitative estimate of drug-likeness (QED) is 0.768. The van der Waals surface area contributed by atoms with E-state index in [1.165, 1.54) is 19.3 Å². The third-order valence-corrected chi connectivity index (χ3v) is 4.25. The molecule has 2 saturated heterocycles. The molecule has 2 rings (SSSR count). The summed E-state index contributed by atoms with van der Waals surface area (Å²) in [6, 6.07) is 1.38. The Bertz CT molecular complexity index is 268. The number of amides is 1. The number of nitrogens with two attached hydrogens (primary N) is 1. The number of fused-ring (bicyclic) bond motifs is 2. The minimum atomic E-state index is -0.00208. The zero-order valence-electron chi connectivity index (χ0n) is 11.0. The SMILES string of the molecule is CCNC(=O)C(C)N1C2CCCC1CC(N)C2. The lowest BCUT2D eigenvalue weighted by Gasteiger charge is -2.50. The summed E-state index contributed by atoms with van der Waals surface area (Å²) in [5, 5.41) is 2.93. The zero-order valence-corrected chi connectivity index (χ0v) is 11.0. The van der Waals surface area contributed by atoms with E-state index in [-0.39, 0.29) is 11.9 Å². The van der Waals surface area contributed by atoms with Crippen LogP contribution >= 0.6 is 0 Å². The van der Waals surface area contributed by atoms with Crippen molar-refractivity contribution in [2.24, 2.45) is 5.73 Å². The minimum Gasteiger partial charge on any atom is -0.355 e. The van der Waals surface area contributed by atoms with Gasteiger partial charge in [-0.05, 0) is 39.5 Å². The van der Waals surface area contributed by atoms with Gasteiger partial charge in [0.15, 0.2) is 0 Å². The molecule has 2 bridgehead atoms. The van der Waals surface area contributed by atoms with E-state index < -0.39 is 0 Å². The first-order valence-electron chi connectivity index (χ1n) is 6.94. The first-order chi connectivity index (χ1) is 8.13. The Labute approximate surface area is 104 Å². The summed E-state index contributed by atoms with van der Waals surface area (Å²) < 4.78 is 0. The molecule has 3 unspecified atom stereocenters. The number of hydrogen-bond donors (Lipinski definition) is 2. The van der Waals surface area contributed by atoms with Crippen LogP contribution in [0.3, 0.4) is 0 Å². The van der Waals surface area contributed by atoms with Crippen molar-refractivity contribution in [2.45, 2.75) is 70.1 Å². The molecule has 0 spiro atoms. The van der Waals surface area contributed by atoms with E-state index in [1.54, 1.807) is 0 Å². The Hall–Kier alpha value is -0.610. The van der Waals surface area contributed by atoms with E-state index in [1.807, 2.05) is 13.8 Å². The number of likely N-dealkylation sites (N-methyl/N-ethyl adjacent to an activating group) is 1. The van der Waals surface area contributed by atoms with Crippen molar-refractivity contribution in [1.29, 1.82) is 0 Å². The fraction of sp³-hybridized carbons (Fsp3) is 0.923. The van der Waals surface area contributed by atoms with Gasteiger partial charge in [0.25, 0.3) is 0 Å². The Morgan fingerprint density at radius 1 is 1.41 bits per heavy atom. The van der Waals surface area contributed by atoms with Crippen LogP contribution in [0.15, 0.2) is 0 Å². The van der Waals surface area contributed by atoms with E-state index in [0.29, 0.717) is 24.7 Å².